The topological polar surface area (TPSA) is 90.1 Å². The van der Waals surface area contributed by atoms with Crippen molar-refractivity contribution in [3.8, 4) is 17.2 Å². The second kappa shape index (κ2) is 6.91. The second-order valence-electron chi connectivity index (χ2n) is 5.02. The molecule has 2 aromatic heterocycles. The van der Waals surface area contributed by atoms with E-state index in [9.17, 15) is 4.79 Å². The highest BCUT2D eigenvalue weighted by atomic mass is 16.5. The largest absolute Gasteiger partial charge is 0.496 e. The number of rotatable bonds is 5. The van der Waals surface area contributed by atoms with Crippen LogP contribution in [0.5, 0.6) is 5.75 Å². The first kappa shape index (κ1) is 15.7. The normalized spacial score (nSPS) is 10.4. The standard InChI is InChI=1S/C17H16N4O3/c1-11-13(10-15(22)21-17-18-8-5-9-19-17)20-16(24-11)12-6-3-4-7-14(12)23-2/h3-9H,10H2,1-2H3,(H,18,19,21,22). The molecule has 1 N–H and O–H groups in total. The maximum Gasteiger partial charge on any atom is 0.232 e. The minimum absolute atomic E-state index is 0.0722. The third kappa shape index (κ3) is 3.40. The Balaban J connectivity index is 1.78. The molecular formula is C17H16N4O3. The average Bonchev–Trinajstić information content (AvgIpc) is 2.96. The van der Waals surface area contributed by atoms with Gasteiger partial charge in [0.15, 0.2) is 0 Å². The van der Waals surface area contributed by atoms with Gasteiger partial charge in [0, 0.05) is 12.4 Å². The summed E-state index contributed by atoms with van der Waals surface area (Å²) in [6.45, 7) is 1.77. The van der Waals surface area contributed by atoms with E-state index in [1.54, 1.807) is 32.5 Å². The van der Waals surface area contributed by atoms with E-state index in [1.807, 2.05) is 24.3 Å². The van der Waals surface area contributed by atoms with E-state index in [0.29, 0.717) is 23.1 Å². The fraction of sp³-hybridized carbons (Fsp3) is 0.176. The minimum Gasteiger partial charge on any atom is -0.496 e. The van der Waals surface area contributed by atoms with Gasteiger partial charge in [-0.2, -0.15) is 0 Å². The molecule has 24 heavy (non-hydrogen) atoms. The Hall–Kier alpha value is -3.22. The number of ether oxygens (including phenoxy) is 1. The molecule has 1 aromatic carbocycles. The molecule has 3 rings (SSSR count). The Labute approximate surface area is 138 Å². The van der Waals surface area contributed by atoms with Gasteiger partial charge in [0.1, 0.15) is 11.5 Å². The molecule has 0 aliphatic carbocycles. The molecule has 0 atom stereocenters. The molecule has 0 spiro atoms. The van der Waals surface area contributed by atoms with Crippen LogP contribution in [0.1, 0.15) is 11.5 Å². The monoisotopic (exact) mass is 324 g/mol. The number of para-hydroxylation sites is 1. The second-order valence-corrected chi connectivity index (χ2v) is 5.02. The predicted octanol–water partition coefficient (Wildman–Crippen LogP) is 2.63. The van der Waals surface area contributed by atoms with Gasteiger partial charge in [0.2, 0.25) is 17.7 Å². The minimum atomic E-state index is -0.260. The van der Waals surface area contributed by atoms with E-state index in [0.717, 1.165) is 5.56 Å². The Morgan fingerprint density at radius 3 is 2.71 bits per heavy atom. The van der Waals surface area contributed by atoms with E-state index in [4.69, 9.17) is 9.15 Å². The van der Waals surface area contributed by atoms with E-state index in [1.165, 1.54) is 0 Å². The van der Waals surface area contributed by atoms with Crippen molar-refractivity contribution in [1.29, 1.82) is 0 Å². The van der Waals surface area contributed by atoms with Crippen LogP contribution in [0.2, 0.25) is 0 Å². The number of carbonyl (C=O) groups excluding carboxylic acids is 1. The highest BCUT2D eigenvalue weighted by Crippen LogP contribution is 2.30. The van der Waals surface area contributed by atoms with Crippen molar-refractivity contribution in [3.05, 3.63) is 54.2 Å². The zero-order valence-electron chi connectivity index (χ0n) is 13.3. The van der Waals surface area contributed by atoms with E-state index in [2.05, 4.69) is 20.3 Å². The first-order valence-electron chi connectivity index (χ1n) is 7.34. The molecule has 0 bridgehead atoms. The quantitative estimate of drug-likeness (QED) is 0.776. The molecule has 3 aromatic rings. The number of hydrogen-bond acceptors (Lipinski definition) is 6. The number of anilines is 1. The lowest BCUT2D eigenvalue weighted by atomic mass is 10.2. The summed E-state index contributed by atoms with van der Waals surface area (Å²) in [7, 11) is 1.59. The number of amides is 1. The number of carbonyl (C=O) groups is 1. The van der Waals surface area contributed by atoms with Crippen molar-refractivity contribution < 1.29 is 13.9 Å². The molecule has 7 heteroatoms. The van der Waals surface area contributed by atoms with Gasteiger partial charge in [-0.1, -0.05) is 12.1 Å². The van der Waals surface area contributed by atoms with Crippen molar-refractivity contribution in [2.75, 3.05) is 12.4 Å². The molecule has 0 fully saturated rings. The summed E-state index contributed by atoms with van der Waals surface area (Å²) in [6.07, 6.45) is 3.19. The number of nitrogens with one attached hydrogen (secondary N) is 1. The van der Waals surface area contributed by atoms with E-state index < -0.39 is 0 Å². The van der Waals surface area contributed by atoms with Crippen LogP contribution in [0, 0.1) is 6.92 Å². The van der Waals surface area contributed by atoms with Crippen LogP contribution in [0.3, 0.4) is 0 Å². The Bertz CT molecular complexity index is 846. The number of nitrogens with zero attached hydrogens (tertiary/aromatic N) is 3. The molecule has 0 radical (unpaired) electrons. The number of benzene rings is 1. The van der Waals surface area contributed by atoms with Crippen LogP contribution in [0.25, 0.3) is 11.5 Å². The van der Waals surface area contributed by atoms with Crippen molar-refractivity contribution in [3.63, 3.8) is 0 Å². The number of aryl methyl sites for hydroxylation is 1. The Morgan fingerprint density at radius 1 is 1.21 bits per heavy atom. The third-order valence-corrected chi connectivity index (χ3v) is 3.38. The lowest BCUT2D eigenvalue weighted by Crippen LogP contribution is -2.16. The van der Waals surface area contributed by atoms with Gasteiger partial charge in [-0.05, 0) is 25.1 Å². The molecule has 0 aliphatic rings. The summed E-state index contributed by atoms with van der Waals surface area (Å²) in [5.74, 6) is 1.66. The lowest BCUT2D eigenvalue weighted by molar-refractivity contribution is -0.115. The summed E-state index contributed by atoms with van der Waals surface area (Å²) < 4.78 is 11.0. The number of oxazole rings is 1. The maximum atomic E-state index is 12.1. The highest BCUT2D eigenvalue weighted by molar-refractivity contribution is 5.90. The molecule has 2 heterocycles. The molecule has 0 saturated carbocycles. The lowest BCUT2D eigenvalue weighted by Gasteiger charge is -2.03. The predicted molar refractivity (Wildman–Crippen MR) is 87.6 cm³/mol. The molecule has 0 aliphatic heterocycles. The molecule has 122 valence electrons. The van der Waals surface area contributed by atoms with Crippen molar-refractivity contribution in [2.24, 2.45) is 0 Å². The first-order valence-corrected chi connectivity index (χ1v) is 7.34. The zero-order chi connectivity index (χ0) is 16.9. The van der Waals surface area contributed by atoms with Gasteiger partial charge in [-0.25, -0.2) is 15.0 Å². The van der Waals surface area contributed by atoms with Gasteiger partial charge >= 0.3 is 0 Å². The fourth-order valence-corrected chi connectivity index (χ4v) is 2.21. The molecule has 1 amide bonds. The van der Waals surface area contributed by atoms with Crippen LogP contribution in [0.4, 0.5) is 5.95 Å². The Morgan fingerprint density at radius 2 is 1.96 bits per heavy atom. The summed E-state index contributed by atoms with van der Waals surface area (Å²) in [5.41, 5.74) is 1.30. The molecule has 0 unspecified atom stereocenters. The van der Waals surface area contributed by atoms with Crippen molar-refractivity contribution in [2.45, 2.75) is 13.3 Å². The molecule has 7 nitrogen and oxygen atoms in total. The summed E-state index contributed by atoms with van der Waals surface area (Å²) in [4.78, 5) is 24.4. The maximum absolute atomic E-state index is 12.1. The summed E-state index contributed by atoms with van der Waals surface area (Å²) >= 11 is 0. The van der Waals surface area contributed by atoms with Gasteiger partial charge in [-0.3, -0.25) is 10.1 Å². The van der Waals surface area contributed by atoms with Crippen LogP contribution in [-0.4, -0.2) is 28.0 Å². The van der Waals surface area contributed by atoms with Crippen LogP contribution >= 0.6 is 0 Å². The summed E-state index contributed by atoms with van der Waals surface area (Å²) in [5, 5.41) is 2.62. The van der Waals surface area contributed by atoms with Gasteiger partial charge < -0.3 is 9.15 Å². The van der Waals surface area contributed by atoms with Crippen LogP contribution in [0.15, 0.2) is 47.1 Å². The van der Waals surface area contributed by atoms with Gasteiger partial charge in [-0.15, -0.1) is 0 Å². The highest BCUT2D eigenvalue weighted by Gasteiger charge is 2.17. The van der Waals surface area contributed by atoms with Crippen LogP contribution < -0.4 is 10.1 Å². The number of hydrogen-bond donors (Lipinski definition) is 1. The van der Waals surface area contributed by atoms with E-state index >= 15 is 0 Å². The van der Waals surface area contributed by atoms with Crippen molar-refractivity contribution >= 4 is 11.9 Å². The number of aromatic nitrogens is 3. The molecular weight excluding hydrogens is 308 g/mol. The van der Waals surface area contributed by atoms with Gasteiger partial charge in [0.05, 0.1) is 24.8 Å². The van der Waals surface area contributed by atoms with Crippen molar-refractivity contribution in [1.82, 2.24) is 15.0 Å². The molecule has 0 saturated heterocycles. The van der Waals surface area contributed by atoms with E-state index in [-0.39, 0.29) is 18.3 Å². The van der Waals surface area contributed by atoms with Crippen LogP contribution in [-0.2, 0) is 11.2 Å². The Kier molecular flexibility index (Phi) is 4.51. The SMILES string of the molecule is COc1ccccc1-c1nc(CC(=O)Nc2ncccn2)c(C)o1. The summed E-state index contributed by atoms with van der Waals surface area (Å²) in [6, 6.07) is 9.10. The smallest absolute Gasteiger partial charge is 0.232 e. The number of methoxy groups -OCH3 is 1. The first-order chi connectivity index (χ1) is 11.7. The van der Waals surface area contributed by atoms with Gasteiger partial charge in [0.25, 0.3) is 0 Å². The third-order valence-electron chi connectivity index (χ3n) is 3.38. The average molecular weight is 324 g/mol. The zero-order valence-corrected chi connectivity index (χ0v) is 13.3. The fourth-order valence-electron chi connectivity index (χ4n) is 2.21.